The standard InChI is InChI=1S/C22H28N2O3S/c1-5-24(6-2)16-9-8-15(18(25)12-16)13-23-21-20(22(26)27-4)17-10-7-14(3)11-19(17)28-21/h8-9,12-14,25H,5-7,10-11H2,1-4H3. The maximum atomic E-state index is 12.4. The molecule has 6 heteroatoms. The molecule has 1 aromatic carbocycles. The highest BCUT2D eigenvalue weighted by Gasteiger charge is 2.27. The van der Waals surface area contributed by atoms with Crippen molar-refractivity contribution in [3.05, 3.63) is 39.8 Å². The number of methoxy groups -OCH3 is 1. The molecule has 0 bridgehead atoms. The fraction of sp³-hybridized carbons (Fsp3) is 0.455. The number of esters is 1. The van der Waals surface area contributed by atoms with Crippen molar-refractivity contribution in [2.45, 2.75) is 40.0 Å². The quantitative estimate of drug-likeness (QED) is 0.550. The van der Waals surface area contributed by atoms with E-state index in [9.17, 15) is 9.90 Å². The molecule has 1 aliphatic carbocycles. The highest BCUT2D eigenvalue weighted by molar-refractivity contribution is 7.16. The van der Waals surface area contributed by atoms with Gasteiger partial charge in [-0.25, -0.2) is 9.79 Å². The number of nitrogens with zero attached hydrogens (tertiary/aromatic N) is 2. The Labute approximate surface area is 170 Å². The average Bonchev–Trinajstić information content (AvgIpc) is 3.05. The Hall–Kier alpha value is -2.34. The van der Waals surface area contributed by atoms with Crippen LogP contribution in [-0.2, 0) is 17.6 Å². The maximum absolute atomic E-state index is 12.4. The lowest BCUT2D eigenvalue weighted by Gasteiger charge is -2.21. The minimum absolute atomic E-state index is 0.183. The number of rotatable bonds is 6. The summed E-state index contributed by atoms with van der Waals surface area (Å²) >= 11 is 1.56. The SMILES string of the molecule is CCN(CC)c1ccc(C=Nc2sc3c(c2C(=O)OC)CCC(C)C3)c(O)c1. The molecule has 5 nitrogen and oxygen atoms in total. The van der Waals surface area contributed by atoms with Crippen molar-refractivity contribution in [3.63, 3.8) is 0 Å². The lowest BCUT2D eigenvalue weighted by atomic mass is 9.88. The first-order chi connectivity index (χ1) is 13.5. The van der Waals surface area contributed by atoms with Gasteiger partial charge in [-0.1, -0.05) is 6.92 Å². The molecular formula is C22H28N2O3S. The van der Waals surface area contributed by atoms with Crippen LogP contribution >= 0.6 is 11.3 Å². The monoisotopic (exact) mass is 400 g/mol. The van der Waals surface area contributed by atoms with Crippen LogP contribution in [0.4, 0.5) is 10.7 Å². The number of carbonyl (C=O) groups excluding carboxylic acids is 1. The van der Waals surface area contributed by atoms with Gasteiger partial charge in [0.2, 0.25) is 0 Å². The largest absolute Gasteiger partial charge is 0.507 e. The summed E-state index contributed by atoms with van der Waals surface area (Å²) in [5.74, 6) is 0.466. The van der Waals surface area contributed by atoms with Crippen molar-refractivity contribution in [1.29, 1.82) is 0 Å². The summed E-state index contributed by atoms with van der Waals surface area (Å²) in [4.78, 5) is 20.3. The van der Waals surface area contributed by atoms with E-state index in [0.717, 1.165) is 43.6 Å². The zero-order valence-electron chi connectivity index (χ0n) is 17.0. The zero-order valence-corrected chi connectivity index (χ0v) is 17.8. The summed E-state index contributed by atoms with van der Waals surface area (Å²) in [5.41, 5.74) is 3.29. The van der Waals surface area contributed by atoms with E-state index in [1.54, 1.807) is 23.6 Å². The predicted octanol–water partition coefficient (Wildman–Crippen LogP) is 4.96. The molecule has 0 radical (unpaired) electrons. The summed E-state index contributed by atoms with van der Waals surface area (Å²) in [6.45, 7) is 8.17. The second-order valence-corrected chi connectivity index (χ2v) is 8.28. The van der Waals surface area contributed by atoms with Gasteiger partial charge in [-0.15, -0.1) is 11.3 Å². The van der Waals surface area contributed by atoms with Crippen molar-refractivity contribution in [1.82, 2.24) is 0 Å². The smallest absolute Gasteiger partial charge is 0.341 e. The van der Waals surface area contributed by atoms with Gasteiger partial charge in [0.05, 0.1) is 12.7 Å². The van der Waals surface area contributed by atoms with Crippen LogP contribution in [0.2, 0.25) is 0 Å². The number of aliphatic imine (C=N–C) groups is 1. The lowest BCUT2D eigenvalue weighted by Crippen LogP contribution is -2.21. The van der Waals surface area contributed by atoms with Gasteiger partial charge in [0, 0.05) is 41.5 Å². The van der Waals surface area contributed by atoms with Crippen LogP contribution in [0.15, 0.2) is 23.2 Å². The van der Waals surface area contributed by atoms with Crippen LogP contribution in [0.25, 0.3) is 0 Å². The van der Waals surface area contributed by atoms with E-state index >= 15 is 0 Å². The summed E-state index contributed by atoms with van der Waals surface area (Å²) in [5, 5.41) is 11.1. The van der Waals surface area contributed by atoms with Gasteiger partial charge in [0.25, 0.3) is 0 Å². The molecule has 1 atom stereocenters. The third-order valence-electron chi connectivity index (χ3n) is 5.35. The molecule has 0 amide bonds. The Kier molecular flexibility index (Phi) is 6.39. The van der Waals surface area contributed by atoms with Gasteiger partial charge in [0.1, 0.15) is 10.8 Å². The van der Waals surface area contributed by atoms with Gasteiger partial charge >= 0.3 is 5.97 Å². The molecule has 3 rings (SSSR count). The number of thiophene rings is 1. The molecule has 28 heavy (non-hydrogen) atoms. The number of fused-ring (bicyclic) bond motifs is 1. The lowest BCUT2D eigenvalue weighted by molar-refractivity contribution is 0.0600. The minimum atomic E-state index is -0.333. The molecule has 1 aromatic heterocycles. The summed E-state index contributed by atoms with van der Waals surface area (Å²) in [7, 11) is 1.41. The molecule has 0 fully saturated rings. The molecule has 0 spiro atoms. The van der Waals surface area contributed by atoms with Gasteiger partial charge in [0.15, 0.2) is 0 Å². The van der Waals surface area contributed by atoms with Gasteiger partial charge in [-0.2, -0.15) is 0 Å². The maximum Gasteiger partial charge on any atom is 0.341 e. The molecule has 0 saturated heterocycles. The average molecular weight is 401 g/mol. The summed E-state index contributed by atoms with van der Waals surface area (Å²) < 4.78 is 5.01. The number of anilines is 1. The number of carbonyl (C=O) groups is 1. The fourth-order valence-electron chi connectivity index (χ4n) is 3.69. The van der Waals surface area contributed by atoms with E-state index in [1.807, 2.05) is 12.1 Å². The Morgan fingerprint density at radius 2 is 2.14 bits per heavy atom. The summed E-state index contributed by atoms with van der Waals surface area (Å²) in [6, 6.07) is 5.60. The molecule has 0 aliphatic heterocycles. The first-order valence-electron chi connectivity index (χ1n) is 9.83. The zero-order chi connectivity index (χ0) is 20.3. The number of benzene rings is 1. The number of hydrogen-bond donors (Lipinski definition) is 1. The van der Waals surface area contributed by atoms with Crippen molar-refractivity contribution in [2.24, 2.45) is 10.9 Å². The third-order valence-corrected chi connectivity index (χ3v) is 6.51. The van der Waals surface area contributed by atoms with E-state index in [1.165, 1.54) is 12.0 Å². The van der Waals surface area contributed by atoms with Crippen LogP contribution < -0.4 is 4.90 Å². The van der Waals surface area contributed by atoms with Crippen molar-refractivity contribution < 1.29 is 14.6 Å². The Bertz CT molecular complexity index is 884. The van der Waals surface area contributed by atoms with Crippen LogP contribution in [-0.4, -0.2) is 37.5 Å². The Morgan fingerprint density at radius 3 is 2.79 bits per heavy atom. The van der Waals surface area contributed by atoms with E-state index in [0.29, 0.717) is 22.0 Å². The molecule has 150 valence electrons. The van der Waals surface area contributed by atoms with E-state index in [2.05, 4.69) is 30.7 Å². The van der Waals surface area contributed by atoms with E-state index in [4.69, 9.17) is 4.74 Å². The number of phenolic OH excluding ortho intramolecular Hbond substituents is 1. The molecule has 1 unspecified atom stereocenters. The van der Waals surface area contributed by atoms with Crippen LogP contribution in [0.1, 0.15) is 53.6 Å². The first kappa shape index (κ1) is 20.4. The van der Waals surface area contributed by atoms with Crippen LogP contribution in [0.5, 0.6) is 5.75 Å². The minimum Gasteiger partial charge on any atom is -0.507 e. The highest BCUT2D eigenvalue weighted by Crippen LogP contribution is 2.41. The topological polar surface area (TPSA) is 62.1 Å². The number of hydrogen-bond acceptors (Lipinski definition) is 6. The molecule has 1 N–H and O–H groups in total. The van der Waals surface area contributed by atoms with Crippen molar-refractivity contribution in [2.75, 3.05) is 25.1 Å². The van der Waals surface area contributed by atoms with Gasteiger partial charge < -0.3 is 14.7 Å². The fourth-order valence-corrected chi connectivity index (χ4v) is 5.04. The summed E-state index contributed by atoms with van der Waals surface area (Å²) in [6.07, 6.45) is 4.57. The normalized spacial score (nSPS) is 16.2. The predicted molar refractivity (Wildman–Crippen MR) is 116 cm³/mol. The number of phenols is 1. The third kappa shape index (κ3) is 4.07. The molecule has 1 aliphatic rings. The van der Waals surface area contributed by atoms with E-state index < -0.39 is 0 Å². The second-order valence-electron chi connectivity index (χ2n) is 7.20. The van der Waals surface area contributed by atoms with E-state index in [-0.39, 0.29) is 11.7 Å². The first-order valence-corrected chi connectivity index (χ1v) is 10.6. The van der Waals surface area contributed by atoms with Gasteiger partial charge in [-0.3, -0.25) is 0 Å². The number of ether oxygens (including phenoxy) is 1. The van der Waals surface area contributed by atoms with Gasteiger partial charge in [-0.05, 0) is 56.7 Å². The Balaban J connectivity index is 1.93. The van der Waals surface area contributed by atoms with Crippen molar-refractivity contribution in [3.8, 4) is 5.75 Å². The highest BCUT2D eigenvalue weighted by atomic mass is 32.1. The molecule has 2 aromatic rings. The Morgan fingerprint density at radius 1 is 1.39 bits per heavy atom. The number of aromatic hydroxyl groups is 1. The van der Waals surface area contributed by atoms with Crippen LogP contribution in [0.3, 0.4) is 0 Å². The molecule has 1 heterocycles. The second kappa shape index (κ2) is 8.78. The van der Waals surface area contributed by atoms with Crippen LogP contribution in [0, 0.1) is 5.92 Å². The molecule has 0 saturated carbocycles. The van der Waals surface area contributed by atoms with Crippen molar-refractivity contribution >= 4 is 34.2 Å². The molecular weight excluding hydrogens is 372 g/mol.